The van der Waals surface area contributed by atoms with Crippen molar-refractivity contribution in [1.82, 2.24) is 0 Å². The Labute approximate surface area is 136 Å². The molecule has 2 saturated carbocycles. The Morgan fingerprint density at radius 3 is 1.89 bits per heavy atom. The van der Waals surface area contributed by atoms with Crippen LogP contribution >= 0.6 is 31.9 Å². The number of alkyl halides is 2. The van der Waals surface area contributed by atoms with Crippen molar-refractivity contribution in [2.75, 3.05) is 0 Å². The van der Waals surface area contributed by atoms with Gasteiger partial charge in [0.2, 0.25) is 0 Å². The first-order chi connectivity index (χ1) is 9.27. The monoisotopic (exact) mass is 392 g/mol. The number of rotatable bonds is 1. The van der Waals surface area contributed by atoms with Gasteiger partial charge in [-0.2, -0.15) is 0 Å². The fourth-order valence-electron chi connectivity index (χ4n) is 4.08. The summed E-state index contributed by atoms with van der Waals surface area (Å²) >= 11 is 8.00. The van der Waals surface area contributed by atoms with Gasteiger partial charge in [0.25, 0.3) is 0 Å². The van der Waals surface area contributed by atoms with Crippen LogP contribution in [-0.2, 0) is 0 Å². The zero-order valence-electron chi connectivity index (χ0n) is 12.3. The first-order valence-electron chi connectivity index (χ1n) is 8.55. The van der Waals surface area contributed by atoms with Gasteiger partial charge in [0, 0.05) is 9.65 Å². The van der Waals surface area contributed by atoms with Crippen LogP contribution in [0.5, 0.6) is 0 Å². The van der Waals surface area contributed by atoms with Gasteiger partial charge in [-0.1, -0.05) is 89.6 Å². The van der Waals surface area contributed by atoms with E-state index in [1.54, 1.807) is 0 Å². The zero-order chi connectivity index (χ0) is 13.5. The molecule has 0 heterocycles. The molecule has 0 spiro atoms. The lowest BCUT2D eigenvalue weighted by Gasteiger charge is -2.33. The third-order valence-corrected chi connectivity index (χ3v) is 7.21. The minimum absolute atomic E-state index is 0.778. The molecule has 0 aliphatic heterocycles. The minimum atomic E-state index is 0.778. The van der Waals surface area contributed by atoms with Gasteiger partial charge in [-0.25, -0.2) is 0 Å². The van der Waals surface area contributed by atoms with Crippen LogP contribution in [0.15, 0.2) is 0 Å². The molecule has 2 rings (SSSR count). The van der Waals surface area contributed by atoms with Crippen LogP contribution in [0.25, 0.3) is 0 Å². The number of hydrogen-bond acceptors (Lipinski definition) is 0. The van der Waals surface area contributed by atoms with E-state index in [-0.39, 0.29) is 0 Å². The average Bonchev–Trinajstić information content (AvgIpc) is 2.46. The summed E-state index contributed by atoms with van der Waals surface area (Å²) in [7, 11) is 0. The summed E-state index contributed by atoms with van der Waals surface area (Å²) in [4.78, 5) is 1.57. The smallest absolute Gasteiger partial charge is 0.0176 e. The van der Waals surface area contributed by atoms with Gasteiger partial charge in [0.15, 0.2) is 0 Å². The minimum Gasteiger partial charge on any atom is -0.0891 e. The van der Waals surface area contributed by atoms with Crippen LogP contribution in [0.3, 0.4) is 0 Å². The second-order valence-electron chi connectivity index (χ2n) is 6.76. The normalized spacial score (nSPS) is 39.5. The maximum atomic E-state index is 4.04. The molecule has 0 bridgehead atoms. The molecule has 2 heteroatoms. The molecule has 2 aliphatic rings. The molecule has 0 saturated heterocycles. The van der Waals surface area contributed by atoms with Crippen molar-refractivity contribution in [3.63, 3.8) is 0 Å². The van der Waals surface area contributed by atoms with Crippen molar-refractivity contribution in [2.45, 2.75) is 93.1 Å². The summed E-state index contributed by atoms with van der Waals surface area (Å²) in [6, 6.07) is 0. The van der Waals surface area contributed by atoms with E-state index in [1.165, 1.54) is 83.5 Å². The number of hydrogen-bond donors (Lipinski definition) is 0. The molecule has 0 amide bonds. The summed E-state index contributed by atoms with van der Waals surface area (Å²) in [6.45, 7) is 0. The SMILES string of the molecule is BrC1CCCCCCC(C2CCCCCCC2Br)C1. The molecule has 0 aromatic heterocycles. The Morgan fingerprint density at radius 2 is 1.16 bits per heavy atom. The second kappa shape index (κ2) is 9.07. The predicted octanol–water partition coefficient (Wildman–Crippen LogP) is 6.84. The lowest BCUT2D eigenvalue weighted by molar-refractivity contribution is 0.245. The predicted molar refractivity (Wildman–Crippen MR) is 92.4 cm³/mol. The summed E-state index contributed by atoms with van der Waals surface area (Å²) in [5.41, 5.74) is 0. The van der Waals surface area contributed by atoms with E-state index in [1.807, 2.05) is 0 Å². The fourth-order valence-corrected chi connectivity index (χ4v) is 5.90. The van der Waals surface area contributed by atoms with E-state index in [2.05, 4.69) is 31.9 Å². The fraction of sp³-hybridized carbons (Fsp3) is 1.00. The largest absolute Gasteiger partial charge is 0.0891 e. The lowest BCUT2D eigenvalue weighted by atomic mass is 9.77. The van der Waals surface area contributed by atoms with Crippen molar-refractivity contribution in [1.29, 1.82) is 0 Å². The van der Waals surface area contributed by atoms with Crippen LogP contribution in [0, 0.1) is 11.8 Å². The highest BCUT2D eigenvalue weighted by molar-refractivity contribution is 9.09. The molecule has 112 valence electrons. The molecule has 2 fully saturated rings. The quantitative estimate of drug-likeness (QED) is 0.427. The summed E-state index contributed by atoms with van der Waals surface area (Å²) in [6.07, 6.45) is 18.9. The van der Waals surface area contributed by atoms with Crippen LogP contribution < -0.4 is 0 Å². The first kappa shape index (κ1) is 16.3. The Balaban J connectivity index is 1.96. The van der Waals surface area contributed by atoms with Crippen LogP contribution in [0.2, 0.25) is 0 Å². The third-order valence-electron chi connectivity index (χ3n) is 5.24. The Bertz CT molecular complexity index is 241. The van der Waals surface area contributed by atoms with Gasteiger partial charge < -0.3 is 0 Å². The van der Waals surface area contributed by atoms with Gasteiger partial charge in [-0.05, 0) is 37.5 Å². The van der Waals surface area contributed by atoms with E-state index >= 15 is 0 Å². The average molecular weight is 394 g/mol. The van der Waals surface area contributed by atoms with Crippen LogP contribution in [0.4, 0.5) is 0 Å². The number of halogens is 2. The molecular formula is C17H30Br2. The van der Waals surface area contributed by atoms with Crippen molar-refractivity contribution in [2.24, 2.45) is 11.8 Å². The van der Waals surface area contributed by atoms with Crippen molar-refractivity contribution >= 4 is 31.9 Å². The molecule has 4 unspecified atom stereocenters. The van der Waals surface area contributed by atoms with E-state index in [0.717, 1.165) is 21.5 Å². The maximum absolute atomic E-state index is 4.04. The Kier molecular flexibility index (Phi) is 7.80. The molecule has 4 atom stereocenters. The van der Waals surface area contributed by atoms with Crippen LogP contribution in [-0.4, -0.2) is 9.65 Å². The maximum Gasteiger partial charge on any atom is 0.0176 e. The first-order valence-corrected chi connectivity index (χ1v) is 10.4. The molecule has 0 radical (unpaired) electrons. The molecule has 2 aliphatic carbocycles. The second-order valence-corrected chi connectivity index (χ2v) is 9.23. The summed E-state index contributed by atoms with van der Waals surface area (Å²) in [5, 5.41) is 0. The zero-order valence-corrected chi connectivity index (χ0v) is 15.4. The lowest BCUT2D eigenvalue weighted by Crippen LogP contribution is -2.27. The van der Waals surface area contributed by atoms with Gasteiger partial charge in [0.05, 0.1) is 0 Å². The van der Waals surface area contributed by atoms with Crippen molar-refractivity contribution in [3.05, 3.63) is 0 Å². The summed E-state index contributed by atoms with van der Waals surface area (Å²) in [5.74, 6) is 1.91. The standard InChI is InChI=1S/C17H30Br2/c18-15-10-6-2-1-5-9-14(13-15)16-11-7-3-4-8-12-17(16)19/h14-17H,1-13H2. The molecule has 0 nitrogen and oxygen atoms in total. The summed E-state index contributed by atoms with van der Waals surface area (Å²) < 4.78 is 0. The molecule has 0 aromatic rings. The van der Waals surface area contributed by atoms with E-state index in [4.69, 9.17) is 0 Å². The molecule has 19 heavy (non-hydrogen) atoms. The third kappa shape index (κ3) is 5.69. The van der Waals surface area contributed by atoms with Crippen LogP contribution in [0.1, 0.15) is 83.5 Å². The molecule has 0 aromatic carbocycles. The van der Waals surface area contributed by atoms with E-state index in [9.17, 15) is 0 Å². The van der Waals surface area contributed by atoms with E-state index in [0.29, 0.717) is 0 Å². The van der Waals surface area contributed by atoms with Gasteiger partial charge in [-0.3, -0.25) is 0 Å². The van der Waals surface area contributed by atoms with Crippen molar-refractivity contribution < 1.29 is 0 Å². The highest BCUT2D eigenvalue weighted by atomic mass is 79.9. The Morgan fingerprint density at radius 1 is 0.579 bits per heavy atom. The van der Waals surface area contributed by atoms with Crippen molar-refractivity contribution in [3.8, 4) is 0 Å². The molecular weight excluding hydrogens is 364 g/mol. The molecule has 0 N–H and O–H groups in total. The van der Waals surface area contributed by atoms with Gasteiger partial charge in [-0.15, -0.1) is 0 Å². The highest BCUT2D eigenvalue weighted by Crippen LogP contribution is 2.39. The van der Waals surface area contributed by atoms with Gasteiger partial charge in [0.1, 0.15) is 0 Å². The van der Waals surface area contributed by atoms with Gasteiger partial charge >= 0.3 is 0 Å². The topological polar surface area (TPSA) is 0 Å². The Hall–Kier alpha value is 0.960. The highest BCUT2D eigenvalue weighted by Gasteiger charge is 2.29. The van der Waals surface area contributed by atoms with E-state index < -0.39 is 0 Å².